The van der Waals surface area contributed by atoms with Gasteiger partial charge >= 0.3 is 0 Å². The number of nitrogens with zero attached hydrogens (tertiary/aromatic N) is 1. The number of benzene rings is 1. The molecular weight excluding hydrogens is 306 g/mol. The molecule has 1 heterocycles. The van der Waals surface area contributed by atoms with Gasteiger partial charge in [-0.2, -0.15) is 0 Å². The van der Waals surface area contributed by atoms with E-state index in [-0.39, 0.29) is 18.3 Å². The van der Waals surface area contributed by atoms with Crippen molar-refractivity contribution in [3.8, 4) is 0 Å². The predicted octanol–water partition coefficient (Wildman–Crippen LogP) is 3.09. The zero-order chi connectivity index (χ0) is 14.2. The second-order valence-electron chi connectivity index (χ2n) is 4.55. The second-order valence-corrected chi connectivity index (χ2v) is 5.66. The van der Waals surface area contributed by atoms with Gasteiger partial charge in [-0.25, -0.2) is 4.98 Å². The quantitative estimate of drug-likeness (QED) is 0.769. The van der Waals surface area contributed by atoms with E-state index < -0.39 is 0 Å². The Morgan fingerprint density at radius 1 is 1.29 bits per heavy atom. The normalized spacial score (nSPS) is 9.95. The van der Waals surface area contributed by atoms with E-state index in [1.165, 1.54) is 16.9 Å². The molecule has 6 heteroatoms. The molecule has 0 saturated carbocycles. The van der Waals surface area contributed by atoms with Crippen LogP contribution in [-0.4, -0.2) is 24.5 Å². The highest BCUT2D eigenvalue weighted by atomic mass is 35.5. The van der Waals surface area contributed by atoms with Crippen LogP contribution >= 0.6 is 23.7 Å². The minimum absolute atomic E-state index is 0. The van der Waals surface area contributed by atoms with Crippen molar-refractivity contribution in [3.63, 3.8) is 0 Å². The molecular formula is C15H20ClN3OS. The van der Waals surface area contributed by atoms with Crippen molar-refractivity contribution in [1.29, 1.82) is 0 Å². The Labute approximate surface area is 135 Å². The van der Waals surface area contributed by atoms with Gasteiger partial charge in [0.2, 0.25) is 5.91 Å². The molecule has 2 rings (SSSR count). The number of thiazole rings is 1. The third kappa shape index (κ3) is 6.25. The number of rotatable bonds is 7. The Morgan fingerprint density at radius 3 is 2.76 bits per heavy atom. The molecule has 0 fully saturated rings. The summed E-state index contributed by atoms with van der Waals surface area (Å²) in [6.07, 6.45) is 4.05. The highest BCUT2D eigenvalue weighted by Crippen LogP contribution is 2.21. The van der Waals surface area contributed by atoms with Crippen molar-refractivity contribution in [2.24, 2.45) is 0 Å². The van der Waals surface area contributed by atoms with E-state index in [9.17, 15) is 4.79 Å². The van der Waals surface area contributed by atoms with Crippen LogP contribution in [0.15, 0.2) is 36.5 Å². The van der Waals surface area contributed by atoms with Crippen LogP contribution in [0.5, 0.6) is 0 Å². The number of amides is 1. The fraction of sp³-hybridized carbons (Fsp3) is 0.333. The molecule has 0 aliphatic carbocycles. The monoisotopic (exact) mass is 325 g/mol. The lowest BCUT2D eigenvalue weighted by molar-refractivity contribution is -0.116. The van der Waals surface area contributed by atoms with Gasteiger partial charge in [0.25, 0.3) is 0 Å². The maximum Gasteiger partial charge on any atom is 0.226 e. The van der Waals surface area contributed by atoms with Crippen LogP contribution in [0, 0.1) is 0 Å². The van der Waals surface area contributed by atoms with E-state index in [0.29, 0.717) is 11.6 Å². The molecule has 0 aliphatic heterocycles. The van der Waals surface area contributed by atoms with Gasteiger partial charge in [0.05, 0.1) is 0 Å². The van der Waals surface area contributed by atoms with Gasteiger partial charge in [-0.15, -0.1) is 23.7 Å². The van der Waals surface area contributed by atoms with Crippen LogP contribution in [0.4, 0.5) is 5.13 Å². The number of aromatic nitrogens is 1. The lowest BCUT2D eigenvalue weighted by Gasteiger charge is -2.01. The predicted molar refractivity (Wildman–Crippen MR) is 90.4 cm³/mol. The minimum Gasteiger partial charge on any atom is -0.320 e. The largest absolute Gasteiger partial charge is 0.320 e. The summed E-state index contributed by atoms with van der Waals surface area (Å²) in [5.74, 6) is 0.0286. The van der Waals surface area contributed by atoms with Crippen molar-refractivity contribution in [2.45, 2.75) is 19.3 Å². The van der Waals surface area contributed by atoms with Gasteiger partial charge in [-0.05, 0) is 25.6 Å². The number of carbonyl (C=O) groups excluding carboxylic acids is 1. The summed E-state index contributed by atoms with van der Waals surface area (Å²) in [6.45, 7) is 0.852. The molecule has 2 N–H and O–H groups in total. The van der Waals surface area contributed by atoms with E-state index >= 15 is 0 Å². The first-order valence-corrected chi connectivity index (χ1v) is 7.52. The van der Waals surface area contributed by atoms with Crippen LogP contribution in [0.3, 0.4) is 0 Å². The first kappa shape index (κ1) is 17.6. The molecule has 114 valence electrons. The average Bonchev–Trinajstić information content (AvgIpc) is 2.87. The van der Waals surface area contributed by atoms with Crippen LogP contribution in [0.1, 0.15) is 23.3 Å². The molecule has 2 aromatic rings. The molecule has 0 spiro atoms. The van der Waals surface area contributed by atoms with Gasteiger partial charge < -0.3 is 10.6 Å². The molecule has 0 saturated heterocycles. The summed E-state index contributed by atoms with van der Waals surface area (Å²) >= 11 is 1.54. The van der Waals surface area contributed by atoms with E-state index in [1.807, 2.05) is 31.4 Å². The first-order chi connectivity index (χ1) is 9.78. The lowest BCUT2D eigenvalue weighted by Crippen LogP contribution is -2.14. The Balaban J connectivity index is 0.00000220. The SMILES string of the molecule is CNCCCC(=O)Nc1ncc(Cc2ccccc2)s1.Cl. The van der Waals surface area contributed by atoms with Gasteiger partial charge in [0.15, 0.2) is 5.13 Å². The molecule has 1 amide bonds. The Hall–Kier alpha value is -1.43. The van der Waals surface area contributed by atoms with Crippen molar-refractivity contribution in [3.05, 3.63) is 47.0 Å². The third-order valence-electron chi connectivity index (χ3n) is 2.85. The molecule has 0 atom stereocenters. The summed E-state index contributed by atoms with van der Waals surface area (Å²) in [5, 5.41) is 6.56. The highest BCUT2D eigenvalue weighted by Gasteiger charge is 2.06. The lowest BCUT2D eigenvalue weighted by atomic mass is 10.1. The fourth-order valence-electron chi connectivity index (χ4n) is 1.85. The Kier molecular flexibility index (Phi) is 7.97. The second kappa shape index (κ2) is 9.50. The maximum atomic E-state index is 11.7. The average molecular weight is 326 g/mol. The molecule has 0 bridgehead atoms. The molecule has 4 nitrogen and oxygen atoms in total. The smallest absolute Gasteiger partial charge is 0.226 e. The number of halogens is 1. The van der Waals surface area contributed by atoms with Crippen molar-refractivity contribution < 1.29 is 4.79 Å². The zero-order valence-corrected chi connectivity index (χ0v) is 13.6. The van der Waals surface area contributed by atoms with E-state index in [0.717, 1.165) is 24.3 Å². The molecule has 0 radical (unpaired) electrons. The van der Waals surface area contributed by atoms with Crippen molar-refractivity contribution in [1.82, 2.24) is 10.3 Å². The van der Waals surface area contributed by atoms with Gasteiger partial charge in [-0.3, -0.25) is 4.79 Å². The standard InChI is InChI=1S/C15H19N3OS.ClH/c1-16-9-5-8-14(19)18-15-17-11-13(20-15)10-12-6-3-2-4-7-12;/h2-4,6-7,11,16H,5,8-10H2,1H3,(H,17,18,19);1H. The van der Waals surface area contributed by atoms with Gasteiger partial charge in [-0.1, -0.05) is 30.3 Å². The summed E-state index contributed by atoms with van der Waals surface area (Å²) in [7, 11) is 1.88. The number of anilines is 1. The summed E-state index contributed by atoms with van der Waals surface area (Å²) < 4.78 is 0. The maximum absolute atomic E-state index is 11.7. The summed E-state index contributed by atoms with van der Waals surface area (Å²) in [5.41, 5.74) is 1.25. The molecule has 1 aromatic carbocycles. The number of hydrogen-bond acceptors (Lipinski definition) is 4. The Bertz CT molecular complexity index is 545. The topological polar surface area (TPSA) is 54.0 Å². The first-order valence-electron chi connectivity index (χ1n) is 6.71. The van der Waals surface area contributed by atoms with Crippen LogP contribution in [0.2, 0.25) is 0 Å². The third-order valence-corrected chi connectivity index (χ3v) is 3.76. The van der Waals surface area contributed by atoms with Gasteiger partial charge in [0, 0.05) is 23.9 Å². The molecule has 21 heavy (non-hydrogen) atoms. The van der Waals surface area contributed by atoms with Crippen LogP contribution in [-0.2, 0) is 11.2 Å². The Morgan fingerprint density at radius 2 is 2.05 bits per heavy atom. The van der Waals surface area contributed by atoms with Gasteiger partial charge in [0.1, 0.15) is 0 Å². The molecule has 1 aromatic heterocycles. The summed E-state index contributed by atoms with van der Waals surface area (Å²) in [6, 6.07) is 10.3. The minimum atomic E-state index is 0. The fourth-order valence-corrected chi connectivity index (χ4v) is 2.71. The van der Waals surface area contributed by atoms with Crippen molar-refractivity contribution >= 4 is 34.8 Å². The zero-order valence-electron chi connectivity index (χ0n) is 12.0. The van der Waals surface area contributed by atoms with Crippen LogP contribution in [0.25, 0.3) is 0 Å². The van der Waals surface area contributed by atoms with E-state index in [4.69, 9.17) is 0 Å². The molecule has 0 aliphatic rings. The van der Waals surface area contributed by atoms with Crippen LogP contribution < -0.4 is 10.6 Å². The van der Waals surface area contributed by atoms with E-state index in [1.54, 1.807) is 0 Å². The number of hydrogen-bond donors (Lipinski definition) is 2. The highest BCUT2D eigenvalue weighted by molar-refractivity contribution is 7.15. The number of nitrogens with one attached hydrogen (secondary N) is 2. The van der Waals surface area contributed by atoms with Crippen molar-refractivity contribution in [2.75, 3.05) is 18.9 Å². The number of carbonyl (C=O) groups is 1. The summed E-state index contributed by atoms with van der Waals surface area (Å²) in [4.78, 5) is 17.1. The van der Waals surface area contributed by atoms with E-state index in [2.05, 4.69) is 27.8 Å². The molecule has 0 unspecified atom stereocenters.